The number of aliphatic hydroxyl groups is 1. The molecule has 0 saturated carbocycles. The predicted molar refractivity (Wildman–Crippen MR) is 130 cm³/mol. The molecule has 2 N–H and O–H groups in total. The van der Waals surface area contributed by atoms with Gasteiger partial charge in [-0.1, -0.05) is 11.2 Å². The second-order valence-electron chi connectivity index (χ2n) is 9.65. The molecule has 10 heteroatoms. The summed E-state index contributed by atoms with van der Waals surface area (Å²) >= 11 is 0. The Hall–Kier alpha value is -3.08. The topological polar surface area (TPSA) is 112 Å². The van der Waals surface area contributed by atoms with Gasteiger partial charge in [0.2, 0.25) is 0 Å². The van der Waals surface area contributed by atoms with Crippen molar-refractivity contribution in [2.24, 2.45) is 5.16 Å². The van der Waals surface area contributed by atoms with E-state index in [0.717, 1.165) is 5.56 Å². The van der Waals surface area contributed by atoms with E-state index in [1.54, 1.807) is 32.0 Å². The van der Waals surface area contributed by atoms with Crippen molar-refractivity contribution in [3.8, 4) is 5.75 Å². The lowest BCUT2D eigenvalue weighted by Gasteiger charge is -2.37. The number of methoxy groups -OCH3 is 1. The standard InChI is InChI=1S/C26H32FN3O6/c1-14-15(2)29-19(9-17(14)25(31)28-11-16-6-7-18(27)21(8-16)33-5)20-10-22(36-30-20)23-12-35-24(13-34-23)26(3,4)32/h6-9,22-24,32H,10-13H2,1-5H3,(H,28,31). The van der Waals surface area contributed by atoms with Crippen molar-refractivity contribution < 1.29 is 33.3 Å². The molecule has 3 unspecified atom stereocenters. The number of ether oxygens (including phenoxy) is 3. The first-order valence-electron chi connectivity index (χ1n) is 11.8. The Labute approximate surface area is 209 Å². The number of carbonyl (C=O) groups is 1. The van der Waals surface area contributed by atoms with Crippen LogP contribution in [0.25, 0.3) is 0 Å². The van der Waals surface area contributed by atoms with Gasteiger partial charge in [-0.25, -0.2) is 4.39 Å². The molecule has 3 atom stereocenters. The molecular weight excluding hydrogens is 469 g/mol. The van der Waals surface area contributed by atoms with Gasteiger partial charge in [0.05, 0.1) is 31.6 Å². The zero-order valence-corrected chi connectivity index (χ0v) is 21.1. The smallest absolute Gasteiger partial charge is 0.251 e. The molecule has 0 aliphatic carbocycles. The van der Waals surface area contributed by atoms with Gasteiger partial charge in [0, 0.05) is 24.2 Å². The fraction of sp³-hybridized carbons (Fsp3) is 0.500. The third kappa shape index (κ3) is 5.66. The molecule has 4 rings (SSSR count). The van der Waals surface area contributed by atoms with E-state index in [-0.39, 0.29) is 43.6 Å². The summed E-state index contributed by atoms with van der Waals surface area (Å²) in [6.07, 6.45) is -0.634. The molecule has 1 aromatic heterocycles. The van der Waals surface area contributed by atoms with Crippen LogP contribution in [0.15, 0.2) is 29.4 Å². The molecule has 36 heavy (non-hydrogen) atoms. The summed E-state index contributed by atoms with van der Waals surface area (Å²) in [6, 6.07) is 6.16. The van der Waals surface area contributed by atoms with Crippen molar-refractivity contribution in [2.45, 2.75) is 64.6 Å². The molecule has 2 aliphatic heterocycles. The van der Waals surface area contributed by atoms with Crippen molar-refractivity contribution in [2.75, 3.05) is 20.3 Å². The predicted octanol–water partition coefficient (Wildman–Crippen LogP) is 2.82. The van der Waals surface area contributed by atoms with Gasteiger partial charge in [-0.05, 0) is 57.0 Å². The Morgan fingerprint density at radius 1 is 1.22 bits per heavy atom. The summed E-state index contributed by atoms with van der Waals surface area (Å²) in [5, 5.41) is 17.2. The van der Waals surface area contributed by atoms with Gasteiger partial charge in [0.15, 0.2) is 17.7 Å². The largest absolute Gasteiger partial charge is 0.494 e. The first kappa shape index (κ1) is 26.0. The van der Waals surface area contributed by atoms with Crippen LogP contribution >= 0.6 is 0 Å². The van der Waals surface area contributed by atoms with Crippen LogP contribution < -0.4 is 10.1 Å². The lowest BCUT2D eigenvalue weighted by molar-refractivity contribution is -0.211. The first-order valence-corrected chi connectivity index (χ1v) is 11.8. The average Bonchev–Trinajstić information content (AvgIpc) is 3.35. The fourth-order valence-corrected chi connectivity index (χ4v) is 4.10. The second kappa shape index (κ2) is 10.5. The third-order valence-corrected chi connectivity index (χ3v) is 6.54. The van der Waals surface area contributed by atoms with Crippen LogP contribution in [0, 0.1) is 19.7 Å². The number of rotatable bonds is 7. The molecule has 0 radical (unpaired) electrons. The number of carbonyl (C=O) groups excluding carboxylic acids is 1. The van der Waals surface area contributed by atoms with E-state index < -0.39 is 17.5 Å². The van der Waals surface area contributed by atoms with Crippen LogP contribution in [0.1, 0.15) is 53.1 Å². The lowest BCUT2D eigenvalue weighted by atomic mass is 9.99. The fourth-order valence-electron chi connectivity index (χ4n) is 4.10. The number of nitrogens with one attached hydrogen (secondary N) is 1. The molecule has 0 spiro atoms. The molecule has 2 aliphatic rings. The maximum Gasteiger partial charge on any atom is 0.251 e. The molecule has 1 fully saturated rings. The van der Waals surface area contributed by atoms with Crippen LogP contribution in [-0.2, 0) is 20.9 Å². The van der Waals surface area contributed by atoms with Gasteiger partial charge in [0.1, 0.15) is 17.9 Å². The van der Waals surface area contributed by atoms with Crippen LogP contribution in [0.3, 0.4) is 0 Å². The van der Waals surface area contributed by atoms with Crippen LogP contribution in [0.5, 0.6) is 5.75 Å². The number of halogens is 1. The normalized spacial score (nSPS) is 22.1. The highest BCUT2D eigenvalue weighted by atomic mass is 19.1. The Morgan fingerprint density at radius 2 is 2.00 bits per heavy atom. The minimum atomic E-state index is -0.994. The minimum absolute atomic E-state index is 0.122. The highest BCUT2D eigenvalue weighted by Gasteiger charge is 2.39. The van der Waals surface area contributed by atoms with Gasteiger partial charge in [-0.15, -0.1) is 0 Å². The van der Waals surface area contributed by atoms with E-state index in [1.807, 2.05) is 13.8 Å². The van der Waals surface area contributed by atoms with Crippen molar-refractivity contribution in [3.05, 3.63) is 58.2 Å². The highest BCUT2D eigenvalue weighted by Crippen LogP contribution is 2.26. The Bertz CT molecular complexity index is 1160. The Kier molecular flexibility index (Phi) is 7.58. The third-order valence-electron chi connectivity index (χ3n) is 6.54. The Balaban J connectivity index is 1.41. The zero-order chi connectivity index (χ0) is 26.0. The minimum Gasteiger partial charge on any atom is -0.494 e. The zero-order valence-electron chi connectivity index (χ0n) is 21.1. The van der Waals surface area contributed by atoms with Crippen molar-refractivity contribution in [3.63, 3.8) is 0 Å². The number of oxime groups is 1. The molecule has 1 amide bonds. The van der Waals surface area contributed by atoms with Crippen molar-refractivity contribution in [1.82, 2.24) is 10.3 Å². The Morgan fingerprint density at radius 3 is 2.67 bits per heavy atom. The molecular formula is C26H32FN3O6. The summed E-state index contributed by atoms with van der Waals surface area (Å²) in [6.45, 7) is 7.80. The van der Waals surface area contributed by atoms with E-state index in [9.17, 15) is 14.3 Å². The summed E-state index contributed by atoms with van der Waals surface area (Å²) < 4.78 is 30.3. The van der Waals surface area contributed by atoms with E-state index in [1.165, 1.54) is 13.2 Å². The number of aromatic nitrogens is 1. The van der Waals surface area contributed by atoms with Gasteiger partial charge >= 0.3 is 0 Å². The summed E-state index contributed by atoms with van der Waals surface area (Å²) in [4.78, 5) is 23.3. The van der Waals surface area contributed by atoms with E-state index in [0.29, 0.717) is 34.6 Å². The molecule has 1 saturated heterocycles. The van der Waals surface area contributed by atoms with Gasteiger partial charge in [-0.3, -0.25) is 9.78 Å². The maximum atomic E-state index is 13.7. The van der Waals surface area contributed by atoms with E-state index >= 15 is 0 Å². The number of nitrogens with zero attached hydrogens (tertiary/aromatic N) is 2. The molecule has 1 aromatic carbocycles. The van der Waals surface area contributed by atoms with Gasteiger partial charge in [0.25, 0.3) is 5.91 Å². The van der Waals surface area contributed by atoms with Crippen molar-refractivity contribution in [1.29, 1.82) is 0 Å². The van der Waals surface area contributed by atoms with E-state index in [4.69, 9.17) is 19.0 Å². The highest BCUT2D eigenvalue weighted by molar-refractivity contribution is 6.03. The number of aryl methyl sites for hydroxylation is 1. The first-order chi connectivity index (χ1) is 17.1. The molecule has 9 nitrogen and oxygen atoms in total. The molecule has 2 aromatic rings. The van der Waals surface area contributed by atoms with Crippen molar-refractivity contribution >= 4 is 11.6 Å². The number of pyridine rings is 1. The summed E-state index contributed by atoms with van der Waals surface area (Å²) in [5.74, 6) is -0.616. The monoisotopic (exact) mass is 501 g/mol. The molecule has 0 bridgehead atoms. The number of amides is 1. The van der Waals surface area contributed by atoms with Crippen LogP contribution in [0.2, 0.25) is 0 Å². The van der Waals surface area contributed by atoms with Gasteiger partial charge < -0.3 is 29.5 Å². The second-order valence-corrected chi connectivity index (χ2v) is 9.65. The molecule has 3 heterocycles. The SMILES string of the molecule is COc1cc(CNC(=O)c2cc(C3=NOC(C4COC(C(C)(C)O)CO4)C3)nc(C)c2C)ccc1F. The quantitative estimate of drug-likeness (QED) is 0.600. The van der Waals surface area contributed by atoms with Gasteiger partial charge in [-0.2, -0.15) is 0 Å². The number of hydrogen-bond acceptors (Lipinski definition) is 8. The average molecular weight is 502 g/mol. The number of hydrogen-bond donors (Lipinski definition) is 2. The summed E-state index contributed by atoms with van der Waals surface area (Å²) in [7, 11) is 1.39. The molecule has 194 valence electrons. The van der Waals surface area contributed by atoms with Crippen LogP contribution in [-0.4, -0.2) is 65.9 Å². The summed E-state index contributed by atoms with van der Waals surface area (Å²) in [5.41, 5.74) is 2.83. The van der Waals surface area contributed by atoms with E-state index in [2.05, 4.69) is 15.5 Å². The van der Waals surface area contributed by atoms with Crippen LogP contribution in [0.4, 0.5) is 4.39 Å². The number of benzene rings is 1. The lowest BCUT2D eigenvalue weighted by Crippen LogP contribution is -2.50. The maximum absolute atomic E-state index is 13.7.